The summed E-state index contributed by atoms with van der Waals surface area (Å²) in [6, 6.07) is -4.47. The number of aliphatic hydroxyl groups excluding tert-OH is 3. The fraction of sp³-hybridized carbons (Fsp3) is 0.788. The van der Waals surface area contributed by atoms with Crippen molar-refractivity contribution in [3.63, 3.8) is 0 Å². The van der Waals surface area contributed by atoms with E-state index in [0.717, 1.165) is 6.42 Å². The topological polar surface area (TPSA) is 382 Å². The van der Waals surface area contributed by atoms with Gasteiger partial charge in [-0.1, -0.05) is 0 Å². The van der Waals surface area contributed by atoms with Crippen molar-refractivity contribution in [2.75, 3.05) is 32.8 Å². The molecule has 23 nitrogen and oxygen atoms in total. The number of hydrogen-bond donors (Lipinski definition) is 14. The highest BCUT2D eigenvalue weighted by Crippen LogP contribution is 2.24. The molecule has 0 aromatic heterocycles. The van der Waals surface area contributed by atoms with Crippen LogP contribution in [0.25, 0.3) is 0 Å². The average molecular weight is 801 g/mol. The van der Waals surface area contributed by atoms with E-state index in [9.17, 15) is 44.1 Å². The molecule has 3 heterocycles. The molecule has 11 atom stereocenters. The third-order valence-corrected chi connectivity index (χ3v) is 9.48. The van der Waals surface area contributed by atoms with Crippen LogP contribution in [0, 0.1) is 0 Å². The van der Waals surface area contributed by atoms with Gasteiger partial charge in [0.2, 0.25) is 29.5 Å². The molecule has 0 bridgehead atoms. The molecule has 3 aliphatic rings. The van der Waals surface area contributed by atoms with Gasteiger partial charge in [0.05, 0.1) is 18.8 Å². The maximum Gasteiger partial charge on any atom is 0.404 e. The summed E-state index contributed by atoms with van der Waals surface area (Å²) < 4.78 is 10.9. The number of nitrogens with one attached hydrogen (secondary N) is 7. The average Bonchev–Trinajstić information content (AvgIpc) is 3.56. The Bertz CT molecular complexity index is 1380. The van der Waals surface area contributed by atoms with E-state index < -0.39 is 91.3 Å². The molecule has 3 rings (SSSR count). The number of aliphatic imine (C=N–C) groups is 1. The first-order chi connectivity index (χ1) is 26.6. The Morgan fingerprint density at radius 1 is 0.964 bits per heavy atom. The zero-order chi connectivity index (χ0) is 41.4. The fourth-order valence-corrected chi connectivity index (χ4v) is 6.69. The standard InChI is InChI=1S/C33H60N12O11/c1-16(47)41-19(7-4-10-39-23(50)12-18(36)6-3-9-38-22(49)11-17(35)5-2-8-34)13-24(51)42-27-28(52)29(56-32(37)54)21(15-46)55-31(27)45-33-43-25-20(48)14-40-30(53)26(25)44-33/h17-21,25-29,31,46,48,52H,2-15,34-36H2,1H3,(H2,37,54)(H,38,49)(H,39,50)(H,40,53)(H,41,47)(H,42,51)(H2,43,44,45)/t17?,18?,19?,20?,21-,25?,26?,27-,28+,29+,31-/m1/s1. The first kappa shape index (κ1) is 46.0. The second-order valence-electron chi connectivity index (χ2n) is 14.3. The van der Waals surface area contributed by atoms with E-state index in [2.05, 4.69) is 42.2 Å². The number of hydrogen-bond acceptors (Lipinski definition) is 17. The van der Waals surface area contributed by atoms with Crippen LogP contribution < -0.4 is 60.2 Å². The van der Waals surface area contributed by atoms with Crippen LogP contribution in [-0.2, 0) is 33.4 Å². The Balaban J connectivity index is 1.51. The minimum absolute atomic E-state index is 0.00122. The molecule has 2 saturated heterocycles. The minimum atomic E-state index is -1.68. The van der Waals surface area contributed by atoms with Gasteiger partial charge in [0.1, 0.15) is 18.2 Å². The third kappa shape index (κ3) is 14.9. The predicted octanol–water partition coefficient (Wildman–Crippen LogP) is -6.35. The summed E-state index contributed by atoms with van der Waals surface area (Å²) in [6.07, 6.45) is -4.88. The highest BCUT2D eigenvalue weighted by Gasteiger charge is 2.49. The Morgan fingerprint density at radius 3 is 2.16 bits per heavy atom. The molecule has 0 aromatic rings. The van der Waals surface area contributed by atoms with Crippen molar-refractivity contribution in [3.8, 4) is 0 Å². The largest absolute Gasteiger partial charge is 0.441 e. The summed E-state index contributed by atoms with van der Waals surface area (Å²) >= 11 is 0. The van der Waals surface area contributed by atoms with Gasteiger partial charge in [-0.3, -0.25) is 24.0 Å². The number of ether oxygens (including phenoxy) is 2. The third-order valence-electron chi connectivity index (χ3n) is 9.48. The second kappa shape index (κ2) is 23.0. The number of amides is 6. The number of β-amino-alcohol motifs (C(OH)–C–C–N with tert-alkyl or cyclic N) is 1. The lowest BCUT2D eigenvalue weighted by molar-refractivity contribution is -0.198. The van der Waals surface area contributed by atoms with Crippen LogP contribution in [0.15, 0.2) is 4.99 Å². The first-order valence-corrected chi connectivity index (χ1v) is 18.9. The van der Waals surface area contributed by atoms with Crippen LogP contribution >= 0.6 is 0 Å². The highest BCUT2D eigenvalue weighted by molar-refractivity contribution is 5.92. The summed E-state index contributed by atoms with van der Waals surface area (Å²) in [6.45, 7) is 1.70. The van der Waals surface area contributed by atoms with Crippen LogP contribution in [0.2, 0.25) is 0 Å². The van der Waals surface area contributed by atoms with E-state index in [-0.39, 0.29) is 62.6 Å². The summed E-state index contributed by atoms with van der Waals surface area (Å²) in [5.74, 6) is -1.94. The monoisotopic (exact) mass is 800 g/mol. The summed E-state index contributed by atoms with van der Waals surface area (Å²) in [5, 5.41) is 50.7. The first-order valence-electron chi connectivity index (χ1n) is 18.9. The molecule has 3 aliphatic heterocycles. The van der Waals surface area contributed by atoms with Crippen LogP contribution in [0.1, 0.15) is 64.7 Å². The maximum atomic E-state index is 13.4. The van der Waals surface area contributed by atoms with Gasteiger partial charge in [0.15, 0.2) is 24.3 Å². The number of carbonyl (C=O) groups excluding carboxylic acids is 6. The predicted molar refractivity (Wildman–Crippen MR) is 199 cm³/mol. The lowest BCUT2D eigenvalue weighted by Gasteiger charge is -2.44. The van der Waals surface area contributed by atoms with E-state index >= 15 is 0 Å². The van der Waals surface area contributed by atoms with Crippen LogP contribution in [0.4, 0.5) is 4.79 Å². The molecule has 23 heteroatoms. The van der Waals surface area contributed by atoms with Gasteiger partial charge in [-0.2, -0.15) is 0 Å². The molecule has 318 valence electrons. The van der Waals surface area contributed by atoms with Crippen LogP contribution in [0.3, 0.4) is 0 Å². The number of rotatable bonds is 22. The van der Waals surface area contributed by atoms with Crippen molar-refractivity contribution in [2.45, 2.75) is 132 Å². The molecule has 2 fully saturated rings. The summed E-state index contributed by atoms with van der Waals surface area (Å²) in [4.78, 5) is 78.1. The minimum Gasteiger partial charge on any atom is -0.441 e. The Labute approximate surface area is 324 Å². The normalized spacial score (nSPS) is 27.2. The number of nitrogens with two attached hydrogens (primary N) is 4. The Kier molecular flexibility index (Phi) is 18.9. The van der Waals surface area contributed by atoms with E-state index in [1.165, 1.54) is 6.92 Å². The number of nitrogens with zero attached hydrogens (tertiary/aromatic N) is 1. The van der Waals surface area contributed by atoms with E-state index in [1.54, 1.807) is 0 Å². The number of aliphatic hydroxyl groups is 3. The van der Waals surface area contributed by atoms with Gasteiger partial charge in [-0.25, -0.2) is 9.79 Å². The van der Waals surface area contributed by atoms with Crippen molar-refractivity contribution in [1.29, 1.82) is 0 Å². The molecular weight excluding hydrogens is 740 g/mol. The number of piperidine rings is 1. The van der Waals surface area contributed by atoms with Gasteiger partial charge in [-0.15, -0.1) is 0 Å². The van der Waals surface area contributed by atoms with E-state index in [4.69, 9.17) is 32.4 Å². The SMILES string of the molecule is CC(=O)NC(CCCNC(=O)CC(N)CCCNC(=O)CC(N)CCCN)CC(=O)N[C@@H]1[C@H](O)[C@@H](OC(N)=O)[C@@H](CO)O[C@H]1NC1=NC2C(=O)NCC(O)C2N1. The zero-order valence-electron chi connectivity index (χ0n) is 31.6. The van der Waals surface area contributed by atoms with Crippen molar-refractivity contribution in [3.05, 3.63) is 0 Å². The molecule has 0 spiro atoms. The summed E-state index contributed by atoms with van der Waals surface area (Å²) in [5.41, 5.74) is 22.7. The number of guanidine groups is 1. The van der Waals surface area contributed by atoms with Gasteiger partial charge < -0.3 is 84.9 Å². The molecule has 18 N–H and O–H groups in total. The Morgan fingerprint density at radius 2 is 1.59 bits per heavy atom. The van der Waals surface area contributed by atoms with Crippen molar-refractivity contribution < 1.29 is 53.6 Å². The highest BCUT2D eigenvalue weighted by atomic mass is 16.6. The second-order valence-corrected chi connectivity index (χ2v) is 14.3. The quantitative estimate of drug-likeness (QED) is 0.0453. The molecule has 56 heavy (non-hydrogen) atoms. The molecule has 0 saturated carbocycles. The van der Waals surface area contributed by atoms with Gasteiger partial charge in [0, 0.05) is 63.9 Å². The van der Waals surface area contributed by atoms with Crippen LogP contribution in [0.5, 0.6) is 0 Å². The molecule has 6 amide bonds. The molecule has 0 radical (unpaired) electrons. The lowest BCUT2D eigenvalue weighted by Crippen LogP contribution is -2.70. The zero-order valence-corrected chi connectivity index (χ0v) is 31.6. The van der Waals surface area contributed by atoms with Crippen LogP contribution in [-0.4, -0.2) is 157 Å². The maximum absolute atomic E-state index is 13.4. The Hall–Kier alpha value is -4.39. The smallest absolute Gasteiger partial charge is 0.404 e. The molecule has 6 unspecified atom stereocenters. The van der Waals surface area contributed by atoms with E-state index in [0.29, 0.717) is 38.8 Å². The fourth-order valence-electron chi connectivity index (χ4n) is 6.69. The molecule has 0 aromatic carbocycles. The van der Waals surface area contributed by atoms with Gasteiger partial charge >= 0.3 is 6.09 Å². The van der Waals surface area contributed by atoms with Crippen molar-refractivity contribution in [1.82, 2.24) is 37.2 Å². The lowest BCUT2D eigenvalue weighted by atomic mass is 9.95. The summed E-state index contributed by atoms with van der Waals surface area (Å²) in [7, 11) is 0. The van der Waals surface area contributed by atoms with E-state index in [1.807, 2.05) is 0 Å². The molecule has 0 aliphatic carbocycles. The van der Waals surface area contributed by atoms with Gasteiger partial charge in [0.25, 0.3) is 0 Å². The number of primary amides is 1. The van der Waals surface area contributed by atoms with Crippen molar-refractivity contribution in [2.24, 2.45) is 27.9 Å². The van der Waals surface area contributed by atoms with Crippen molar-refractivity contribution >= 4 is 41.6 Å². The molecular formula is C33H60N12O11. The number of fused-ring (bicyclic) bond motifs is 1. The number of carbonyl (C=O) groups is 6. The van der Waals surface area contributed by atoms with Gasteiger partial charge in [-0.05, 0) is 45.1 Å².